The van der Waals surface area contributed by atoms with Crippen LogP contribution in [0.4, 0.5) is 0 Å². The lowest BCUT2D eigenvalue weighted by atomic mass is 10.1. The van der Waals surface area contributed by atoms with Gasteiger partial charge < -0.3 is 15.2 Å². The van der Waals surface area contributed by atoms with Gasteiger partial charge >= 0.3 is 5.97 Å². The van der Waals surface area contributed by atoms with Crippen molar-refractivity contribution in [3.63, 3.8) is 0 Å². The minimum absolute atomic E-state index is 0.135. The molecule has 1 amide bonds. The van der Waals surface area contributed by atoms with Crippen LogP contribution < -0.4 is 5.32 Å². The minimum Gasteiger partial charge on any atom is -0.508 e. The molecule has 0 aliphatic carbocycles. The second kappa shape index (κ2) is 4.45. The van der Waals surface area contributed by atoms with Gasteiger partial charge in [-0.05, 0) is 18.2 Å². The first-order chi connectivity index (χ1) is 7.08. The van der Waals surface area contributed by atoms with Crippen LogP contribution in [0.25, 0.3) is 0 Å². The van der Waals surface area contributed by atoms with E-state index in [0.29, 0.717) is 0 Å². The summed E-state index contributed by atoms with van der Waals surface area (Å²) in [6.45, 7) is 0. The molecule has 0 aromatic heterocycles. The largest absolute Gasteiger partial charge is 0.508 e. The maximum absolute atomic E-state index is 11.3. The maximum Gasteiger partial charge on any atom is 0.338 e. The smallest absolute Gasteiger partial charge is 0.338 e. The highest BCUT2D eigenvalue weighted by molar-refractivity contribution is 5.98. The number of benzene rings is 1. The molecule has 5 nitrogen and oxygen atoms in total. The number of ether oxygens (including phenoxy) is 1. The van der Waals surface area contributed by atoms with E-state index in [4.69, 9.17) is 0 Å². The zero-order valence-electron chi connectivity index (χ0n) is 8.40. The zero-order chi connectivity index (χ0) is 11.4. The predicted molar refractivity (Wildman–Crippen MR) is 52.8 cm³/mol. The second-order valence-corrected chi connectivity index (χ2v) is 2.84. The Bertz CT molecular complexity index is 366. The highest BCUT2D eigenvalue weighted by Gasteiger charge is 2.11. The number of rotatable bonds is 2. The van der Waals surface area contributed by atoms with Crippen molar-refractivity contribution in [1.82, 2.24) is 5.32 Å². The van der Waals surface area contributed by atoms with Gasteiger partial charge in [-0.3, -0.25) is 4.79 Å². The first-order valence-corrected chi connectivity index (χ1v) is 4.23. The molecule has 0 atom stereocenters. The third kappa shape index (κ3) is 2.46. The summed E-state index contributed by atoms with van der Waals surface area (Å²) in [5.74, 6) is -1.14. The van der Waals surface area contributed by atoms with Crippen molar-refractivity contribution < 1.29 is 19.4 Å². The van der Waals surface area contributed by atoms with Crippen LogP contribution in [0.5, 0.6) is 5.75 Å². The average Bonchev–Trinajstić information content (AvgIpc) is 2.26. The Kier molecular flexibility index (Phi) is 3.28. The first-order valence-electron chi connectivity index (χ1n) is 4.23. The van der Waals surface area contributed by atoms with E-state index in [1.807, 2.05) is 0 Å². The molecule has 0 saturated heterocycles. The average molecular weight is 209 g/mol. The van der Waals surface area contributed by atoms with E-state index in [-0.39, 0.29) is 22.8 Å². The normalized spacial score (nSPS) is 9.47. The summed E-state index contributed by atoms with van der Waals surface area (Å²) in [4.78, 5) is 22.4. The fourth-order valence-electron chi connectivity index (χ4n) is 1.12. The molecular formula is C10H11NO4. The van der Waals surface area contributed by atoms with Crippen LogP contribution in [0.2, 0.25) is 0 Å². The Hall–Kier alpha value is -2.04. The van der Waals surface area contributed by atoms with Crippen LogP contribution in [0.15, 0.2) is 18.2 Å². The quantitative estimate of drug-likeness (QED) is 0.697. The van der Waals surface area contributed by atoms with Crippen molar-refractivity contribution in [2.75, 3.05) is 14.2 Å². The summed E-state index contributed by atoms with van der Waals surface area (Å²) < 4.78 is 4.48. The summed E-state index contributed by atoms with van der Waals surface area (Å²) in [6, 6.07) is 3.86. The summed E-state index contributed by atoms with van der Waals surface area (Å²) in [5.41, 5.74) is 0.342. The van der Waals surface area contributed by atoms with Gasteiger partial charge in [0.1, 0.15) is 5.75 Å². The van der Waals surface area contributed by atoms with Gasteiger partial charge in [0.2, 0.25) is 0 Å². The van der Waals surface area contributed by atoms with Crippen LogP contribution in [0, 0.1) is 0 Å². The first kappa shape index (κ1) is 11.0. The second-order valence-electron chi connectivity index (χ2n) is 2.84. The summed E-state index contributed by atoms with van der Waals surface area (Å²) in [6.07, 6.45) is 0. The van der Waals surface area contributed by atoms with Gasteiger partial charge in [-0.1, -0.05) is 0 Å². The standard InChI is InChI=1S/C10H11NO4/c1-11-9(13)6-3-7(10(14)15-2)5-8(12)4-6/h3-5,12H,1-2H3,(H,11,13). The number of carbonyl (C=O) groups excluding carboxylic acids is 2. The van der Waals surface area contributed by atoms with E-state index < -0.39 is 5.97 Å². The number of phenols is 1. The molecule has 5 heteroatoms. The molecule has 0 bridgehead atoms. The molecule has 1 aromatic carbocycles. The predicted octanol–water partition coefficient (Wildman–Crippen LogP) is 0.538. The summed E-state index contributed by atoms with van der Waals surface area (Å²) in [7, 11) is 2.69. The van der Waals surface area contributed by atoms with Crippen molar-refractivity contribution >= 4 is 11.9 Å². The van der Waals surface area contributed by atoms with Gasteiger partial charge in [0, 0.05) is 12.6 Å². The van der Waals surface area contributed by atoms with E-state index >= 15 is 0 Å². The topological polar surface area (TPSA) is 75.6 Å². The number of nitrogens with one attached hydrogen (secondary N) is 1. The third-order valence-corrected chi connectivity index (χ3v) is 1.83. The molecule has 15 heavy (non-hydrogen) atoms. The molecule has 2 N–H and O–H groups in total. The lowest BCUT2D eigenvalue weighted by Crippen LogP contribution is -2.18. The molecule has 80 valence electrons. The van der Waals surface area contributed by atoms with Gasteiger partial charge in [-0.2, -0.15) is 0 Å². The fourth-order valence-corrected chi connectivity index (χ4v) is 1.12. The lowest BCUT2D eigenvalue weighted by Gasteiger charge is -2.04. The van der Waals surface area contributed by atoms with Crippen molar-refractivity contribution in [2.45, 2.75) is 0 Å². The highest BCUT2D eigenvalue weighted by Crippen LogP contribution is 2.16. The molecular weight excluding hydrogens is 198 g/mol. The molecule has 0 unspecified atom stereocenters. The molecule has 1 aromatic rings. The molecule has 0 spiro atoms. The molecule has 0 fully saturated rings. The van der Waals surface area contributed by atoms with Crippen molar-refractivity contribution in [2.24, 2.45) is 0 Å². The number of phenolic OH excluding ortho intramolecular Hbond substituents is 1. The SMILES string of the molecule is CNC(=O)c1cc(O)cc(C(=O)OC)c1. The lowest BCUT2D eigenvalue weighted by molar-refractivity contribution is 0.0600. The van der Waals surface area contributed by atoms with E-state index in [9.17, 15) is 14.7 Å². The van der Waals surface area contributed by atoms with E-state index in [1.165, 1.54) is 32.4 Å². The molecule has 0 radical (unpaired) electrons. The van der Waals surface area contributed by atoms with Crippen LogP contribution in [0.3, 0.4) is 0 Å². The van der Waals surface area contributed by atoms with Gasteiger partial charge in [0.25, 0.3) is 5.91 Å². The van der Waals surface area contributed by atoms with E-state index in [1.54, 1.807) is 0 Å². The van der Waals surface area contributed by atoms with E-state index in [2.05, 4.69) is 10.1 Å². The molecule has 1 rings (SSSR count). The minimum atomic E-state index is -0.601. The zero-order valence-corrected chi connectivity index (χ0v) is 8.40. The third-order valence-electron chi connectivity index (χ3n) is 1.83. The summed E-state index contributed by atoms with van der Waals surface area (Å²) >= 11 is 0. The Morgan fingerprint density at radius 3 is 2.40 bits per heavy atom. The van der Waals surface area contributed by atoms with Crippen LogP contribution >= 0.6 is 0 Å². The van der Waals surface area contributed by atoms with Gasteiger partial charge in [-0.15, -0.1) is 0 Å². The van der Waals surface area contributed by atoms with Gasteiger partial charge in [0.05, 0.1) is 12.7 Å². The van der Waals surface area contributed by atoms with Crippen molar-refractivity contribution in [3.8, 4) is 5.75 Å². The van der Waals surface area contributed by atoms with E-state index in [0.717, 1.165) is 0 Å². The number of hydrogen-bond donors (Lipinski definition) is 2. The number of carbonyl (C=O) groups is 2. The van der Waals surface area contributed by atoms with Crippen LogP contribution in [-0.2, 0) is 4.74 Å². The molecule has 0 aliphatic rings. The maximum atomic E-state index is 11.3. The molecule has 0 heterocycles. The van der Waals surface area contributed by atoms with Gasteiger partial charge in [0.15, 0.2) is 0 Å². The summed E-state index contributed by atoms with van der Waals surface area (Å²) in [5, 5.41) is 11.7. The fraction of sp³-hybridized carbons (Fsp3) is 0.200. The highest BCUT2D eigenvalue weighted by atomic mass is 16.5. The van der Waals surface area contributed by atoms with Crippen molar-refractivity contribution in [1.29, 1.82) is 0 Å². The Labute approximate surface area is 86.7 Å². The van der Waals surface area contributed by atoms with Crippen molar-refractivity contribution in [3.05, 3.63) is 29.3 Å². The Morgan fingerprint density at radius 2 is 1.87 bits per heavy atom. The van der Waals surface area contributed by atoms with Crippen LogP contribution in [0.1, 0.15) is 20.7 Å². The number of aromatic hydroxyl groups is 1. The number of esters is 1. The molecule has 0 saturated carbocycles. The molecule has 0 aliphatic heterocycles. The number of amides is 1. The Balaban J connectivity index is 3.16. The van der Waals surface area contributed by atoms with Gasteiger partial charge in [-0.25, -0.2) is 4.79 Å². The monoisotopic (exact) mass is 209 g/mol. The number of methoxy groups -OCH3 is 1. The van der Waals surface area contributed by atoms with Crippen LogP contribution in [-0.4, -0.2) is 31.1 Å². The number of hydrogen-bond acceptors (Lipinski definition) is 4. The Morgan fingerprint density at radius 1 is 1.27 bits per heavy atom.